The molecule has 1 aliphatic carbocycles. The van der Waals surface area contributed by atoms with Gasteiger partial charge >= 0.3 is 5.97 Å². The van der Waals surface area contributed by atoms with Gasteiger partial charge < -0.3 is 79.0 Å². The number of thiocarbonyl (C=S) groups is 1. The van der Waals surface area contributed by atoms with Gasteiger partial charge in [-0.3, -0.25) is 14.4 Å². The minimum atomic E-state index is -2.47. The fourth-order valence-corrected chi connectivity index (χ4v) is 11.2. The zero-order valence-electron chi connectivity index (χ0n) is 49.0. The predicted octanol–water partition coefficient (Wildman–Crippen LogP) is 4.60. The molecule has 21 heteroatoms. The summed E-state index contributed by atoms with van der Waals surface area (Å²) in [7, 11) is 4.78. The second-order valence-corrected chi connectivity index (χ2v) is 22.8. The molecule has 1 amide bonds. The number of hydrogen-bond donors (Lipinski definition) is 6. The lowest BCUT2D eigenvalue weighted by molar-refractivity contribution is -0.265. The Morgan fingerprint density at radius 1 is 0.800 bits per heavy atom. The van der Waals surface area contributed by atoms with E-state index in [0.717, 1.165) is 10.5 Å². The maximum Gasteiger partial charge on any atom is 0.329 e. The highest BCUT2D eigenvalue weighted by Crippen LogP contribution is 2.37. The summed E-state index contributed by atoms with van der Waals surface area (Å²) in [6, 6.07) is -2.05. The number of amides is 1. The highest BCUT2D eigenvalue weighted by Gasteiger charge is 2.53. The van der Waals surface area contributed by atoms with E-state index in [-0.39, 0.29) is 60.6 Å². The van der Waals surface area contributed by atoms with Crippen LogP contribution in [-0.2, 0) is 61.8 Å². The number of ketones is 2. The molecule has 0 aromatic carbocycles. The van der Waals surface area contributed by atoms with Crippen molar-refractivity contribution in [2.75, 3.05) is 80.7 Å². The molecular formula is C59H97N3O17S. The first-order valence-electron chi connectivity index (χ1n) is 28.9. The monoisotopic (exact) mass is 1150 g/mol. The van der Waals surface area contributed by atoms with E-state index < -0.39 is 95.7 Å². The van der Waals surface area contributed by atoms with Crippen molar-refractivity contribution >= 4 is 40.8 Å². The van der Waals surface area contributed by atoms with Crippen molar-refractivity contribution in [3.63, 3.8) is 0 Å². The van der Waals surface area contributed by atoms with Crippen LogP contribution >= 0.6 is 12.2 Å². The number of cyclic esters (lactones) is 1. The average Bonchev–Trinajstić information content (AvgIpc) is 3.45. The fraction of sp³-hybridized carbons (Fsp3) is 0.780. The lowest BCUT2D eigenvalue weighted by Gasteiger charge is -2.43. The number of fused-ring (bicyclic) bond motifs is 3. The van der Waals surface area contributed by atoms with Crippen LogP contribution in [0.5, 0.6) is 0 Å². The fourth-order valence-electron chi connectivity index (χ4n) is 11.0. The van der Waals surface area contributed by atoms with Crippen molar-refractivity contribution in [3.05, 3.63) is 47.6 Å². The Hall–Kier alpha value is -3.55. The summed E-state index contributed by atoms with van der Waals surface area (Å²) in [5.41, 5.74) is 8.14. The molecule has 0 aromatic rings. The van der Waals surface area contributed by atoms with Gasteiger partial charge in [0.25, 0.3) is 16.9 Å². The molecule has 456 valence electrons. The molecule has 0 unspecified atom stereocenters. The van der Waals surface area contributed by atoms with Gasteiger partial charge in [-0.1, -0.05) is 64.2 Å². The molecule has 0 radical (unpaired) electrons. The van der Waals surface area contributed by atoms with Crippen LogP contribution in [0, 0.1) is 29.6 Å². The van der Waals surface area contributed by atoms with Gasteiger partial charge in [-0.05, 0) is 113 Å². The van der Waals surface area contributed by atoms with Gasteiger partial charge in [0.1, 0.15) is 30.5 Å². The first-order chi connectivity index (χ1) is 38.1. The normalized spacial score (nSPS) is 35.9. The van der Waals surface area contributed by atoms with Crippen molar-refractivity contribution in [2.24, 2.45) is 35.3 Å². The summed E-state index contributed by atoms with van der Waals surface area (Å²) in [5, 5.41) is 49.6. The number of Topliss-reactive ketones (excluding diaryl/α,β-unsaturated/α-hetero) is 2. The van der Waals surface area contributed by atoms with Crippen LogP contribution in [-0.4, -0.2) is 201 Å². The van der Waals surface area contributed by atoms with E-state index in [2.05, 4.69) is 5.32 Å². The summed E-state index contributed by atoms with van der Waals surface area (Å²) < 4.78 is 51.8. The summed E-state index contributed by atoms with van der Waals surface area (Å²) in [5.74, 6) is -8.13. The Labute approximate surface area is 480 Å². The molecule has 4 rings (SSSR count). The number of hydrogen-bond acceptors (Lipinski definition) is 19. The number of carbonyl (C=O) groups is 4. The third-order valence-electron chi connectivity index (χ3n) is 16.1. The molecule has 80 heavy (non-hydrogen) atoms. The summed E-state index contributed by atoms with van der Waals surface area (Å²) >= 11 is 5.52. The molecule has 2 saturated heterocycles. The van der Waals surface area contributed by atoms with E-state index in [9.17, 15) is 39.6 Å². The van der Waals surface area contributed by atoms with Gasteiger partial charge in [0.15, 0.2) is 5.78 Å². The highest BCUT2D eigenvalue weighted by atomic mass is 32.1. The number of methoxy groups -OCH3 is 3. The molecular weight excluding hydrogens is 1050 g/mol. The highest BCUT2D eigenvalue weighted by molar-refractivity contribution is 7.80. The number of esters is 1. The number of allylic oxidation sites excluding steroid dienone is 5. The predicted molar refractivity (Wildman–Crippen MR) is 304 cm³/mol. The van der Waals surface area contributed by atoms with E-state index in [1.165, 1.54) is 0 Å². The summed E-state index contributed by atoms with van der Waals surface area (Å²) in [6.45, 7) is 14.2. The quantitative estimate of drug-likeness (QED) is 0.0360. The van der Waals surface area contributed by atoms with E-state index >= 15 is 0 Å². The van der Waals surface area contributed by atoms with Crippen LogP contribution in [0.3, 0.4) is 0 Å². The number of nitrogens with one attached hydrogen (secondary N) is 1. The Kier molecular flexibility index (Phi) is 30.6. The lowest BCUT2D eigenvalue weighted by atomic mass is 9.80. The SMILES string of the molecule is COCCOCCOCCOCCNC(=S)O[C@@H]1CC[C@@H](C[C@@H](N)[C@@H]2C[C@@H](O)[C@H](C)/C=C(\C)[C@@H](O)[C@@H](O)C(=O)[C@H](C)C[C@H](C)/C=C/C=C/C=C(\C)[C@@H](OC)C[C@@H]3CC[C@@H](C)[C@@](O)(O3)C(=O)C(=O)N3CCCC[C@H]3C(=O)O2)C[C@H]1OC. The Morgan fingerprint density at radius 2 is 1.49 bits per heavy atom. The first kappa shape index (κ1) is 68.9. The van der Waals surface area contributed by atoms with Crippen molar-refractivity contribution in [3.8, 4) is 0 Å². The number of aliphatic hydroxyl groups is 4. The van der Waals surface area contributed by atoms with Gasteiger partial charge in [-0.25, -0.2) is 4.79 Å². The largest absolute Gasteiger partial charge is 0.465 e. The van der Waals surface area contributed by atoms with Gasteiger partial charge in [0, 0.05) is 71.1 Å². The molecule has 0 aromatic heterocycles. The van der Waals surface area contributed by atoms with Crippen molar-refractivity contribution in [1.82, 2.24) is 10.2 Å². The van der Waals surface area contributed by atoms with Gasteiger partial charge in [0.2, 0.25) is 5.79 Å². The molecule has 7 N–H and O–H groups in total. The topological polar surface area (TPSA) is 274 Å². The minimum absolute atomic E-state index is 0.0344. The van der Waals surface area contributed by atoms with Crippen LogP contribution in [0.2, 0.25) is 0 Å². The zero-order chi connectivity index (χ0) is 58.9. The van der Waals surface area contributed by atoms with Crippen molar-refractivity contribution in [1.29, 1.82) is 0 Å². The van der Waals surface area contributed by atoms with Crippen LogP contribution in [0.15, 0.2) is 47.6 Å². The number of ether oxygens (including phenoxy) is 9. The number of carbonyl (C=O) groups excluding carboxylic acids is 4. The number of nitrogens with two attached hydrogens (primary N) is 1. The van der Waals surface area contributed by atoms with E-state index in [0.29, 0.717) is 111 Å². The molecule has 1 saturated carbocycles. The van der Waals surface area contributed by atoms with Crippen LogP contribution in [0.25, 0.3) is 0 Å². The Bertz CT molecular complexity index is 2060. The number of aliphatic hydroxyl groups excluding tert-OH is 3. The molecule has 3 heterocycles. The standard InChI is InChI=1S/C59H97N3O17S/c1-37-15-11-10-12-16-38(2)49(72-8)35-44-20-18-42(6)59(70,79-44)55(67)56(68)62-23-14-13-17-46(62)57(69)77-50(36-47(63)39(3)32-41(5)53(65)54(66)52(64)40(4)31-37)45(60)33-43-19-21-48(51(34-43)73-9)78-58(80)61-22-24-74-27-28-76-30-29-75-26-25-71-7/h10-12,15-16,32,37,39-40,42-51,53-54,63,65-66,70H,13-14,17-31,33-36,60H2,1-9H3,(H,61,80)/b12-10+,15-11+,38-16+,41-32+/t37-,39-,40-,42-,43+,44+,45-,46+,47-,48-,49+,50+,51-,53-,54+,59-/m1/s1. The zero-order valence-corrected chi connectivity index (χ0v) is 49.8. The molecule has 2 bridgehead atoms. The maximum absolute atomic E-state index is 14.6. The molecule has 3 aliphatic heterocycles. The van der Waals surface area contributed by atoms with E-state index in [1.54, 1.807) is 55.1 Å². The lowest BCUT2D eigenvalue weighted by Crippen LogP contribution is -2.61. The van der Waals surface area contributed by atoms with E-state index in [1.807, 2.05) is 44.2 Å². The molecule has 3 fully saturated rings. The Balaban J connectivity index is 1.53. The summed E-state index contributed by atoms with van der Waals surface area (Å²) in [4.78, 5) is 57.9. The Morgan fingerprint density at radius 3 is 2.16 bits per heavy atom. The van der Waals surface area contributed by atoms with Gasteiger partial charge in [-0.2, -0.15) is 0 Å². The van der Waals surface area contributed by atoms with Crippen LogP contribution < -0.4 is 11.1 Å². The molecule has 20 nitrogen and oxygen atoms in total. The maximum atomic E-state index is 14.6. The number of nitrogens with zero attached hydrogens (tertiary/aromatic N) is 1. The molecule has 0 spiro atoms. The third kappa shape index (κ3) is 21.6. The average molecular weight is 1150 g/mol. The van der Waals surface area contributed by atoms with Crippen molar-refractivity contribution in [2.45, 2.75) is 185 Å². The second-order valence-electron chi connectivity index (χ2n) is 22.4. The van der Waals surface area contributed by atoms with Crippen LogP contribution in [0.1, 0.15) is 119 Å². The first-order valence-corrected chi connectivity index (χ1v) is 29.3. The summed E-state index contributed by atoms with van der Waals surface area (Å²) in [6.07, 6.45) is 8.31. The third-order valence-corrected chi connectivity index (χ3v) is 16.3. The number of piperidine rings is 1. The van der Waals surface area contributed by atoms with E-state index in [4.69, 9.17) is 60.6 Å². The van der Waals surface area contributed by atoms with Gasteiger partial charge in [0.05, 0.1) is 70.7 Å². The second kappa shape index (κ2) is 35.6. The van der Waals surface area contributed by atoms with Crippen LogP contribution in [0.4, 0.5) is 0 Å². The van der Waals surface area contributed by atoms with Gasteiger partial charge in [-0.15, -0.1) is 0 Å². The number of rotatable bonds is 18. The van der Waals surface area contributed by atoms with Crippen molar-refractivity contribution < 1.29 is 82.2 Å². The minimum Gasteiger partial charge on any atom is -0.465 e. The smallest absolute Gasteiger partial charge is 0.329 e. The molecule has 16 atom stereocenters. The molecule has 4 aliphatic rings.